The number of amides is 1. The Labute approximate surface area is 95.9 Å². The molecule has 0 unspecified atom stereocenters. The second-order valence-electron chi connectivity index (χ2n) is 3.25. The summed E-state index contributed by atoms with van der Waals surface area (Å²) < 4.78 is 0. The molecule has 16 heavy (non-hydrogen) atoms. The van der Waals surface area contributed by atoms with Crippen molar-refractivity contribution >= 4 is 23.2 Å². The Bertz CT molecular complexity index is 503. The Morgan fingerprint density at radius 1 is 1.69 bits per heavy atom. The van der Waals surface area contributed by atoms with Crippen LogP contribution in [0.3, 0.4) is 0 Å². The van der Waals surface area contributed by atoms with E-state index in [2.05, 4.69) is 20.5 Å². The minimum atomic E-state index is -0.308. The molecule has 0 fully saturated rings. The van der Waals surface area contributed by atoms with Crippen LogP contribution in [0.25, 0.3) is 0 Å². The molecular weight excluding hydrogens is 226 g/mol. The van der Waals surface area contributed by atoms with Crippen LogP contribution in [0.15, 0.2) is 11.4 Å². The smallest absolute Gasteiger partial charge is 0.288 e. The van der Waals surface area contributed by atoms with E-state index in [4.69, 9.17) is 5.73 Å². The highest BCUT2D eigenvalue weighted by Gasteiger charge is 2.10. The molecule has 84 valence electrons. The largest absolute Gasteiger partial charge is 0.366 e. The molecular formula is C9H11N5OS. The number of thiophene rings is 1. The number of aromatic nitrogens is 3. The van der Waals surface area contributed by atoms with Gasteiger partial charge in [-0.05, 0) is 23.9 Å². The van der Waals surface area contributed by atoms with Crippen molar-refractivity contribution in [1.82, 2.24) is 20.5 Å². The molecule has 4 N–H and O–H groups in total. The summed E-state index contributed by atoms with van der Waals surface area (Å²) in [6.45, 7) is 2.49. The highest BCUT2D eigenvalue weighted by Crippen LogP contribution is 2.14. The fraction of sp³-hybridized carbons (Fsp3) is 0.222. The van der Waals surface area contributed by atoms with Crippen molar-refractivity contribution in [1.29, 1.82) is 0 Å². The maximum atomic E-state index is 11.6. The van der Waals surface area contributed by atoms with Crippen LogP contribution in [0.4, 0.5) is 5.95 Å². The molecule has 2 aromatic heterocycles. The van der Waals surface area contributed by atoms with Gasteiger partial charge in [-0.1, -0.05) is 0 Å². The lowest BCUT2D eigenvalue weighted by Crippen LogP contribution is -2.23. The zero-order chi connectivity index (χ0) is 11.5. The summed E-state index contributed by atoms with van der Waals surface area (Å²) in [6.07, 6.45) is 0. The van der Waals surface area contributed by atoms with E-state index in [1.165, 1.54) is 5.56 Å². The van der Waals surface area contributed by atoms with Crippen molar-refractivity contribution in [3.63, 3.8) is 0 Å². The normalized spacial score (nSPS) is 10.3. The number of carbonyl (C=O) groups is 1. The number of aryl methyl sites for hydroxylation is 1. The van der Waals surface area contributed by atoms with Gasteiger partial charge in [-0.3, -0.25) is 9.89 Å². The van der Waals surface area contributed by atoms with Crippen LogP contribution < -0.4 is 11.1 Å². The maximum Gasteiger partial charge on any atom is 0.288 e. The lowest BCUT2D eigenvalue weighted by Gasteiger charge is -2.01. The summed E-state index contributed by atoms with van der Waals surface area (Å²) in [7, 11) is 0. The number of carbonyl (C=O) groups excluding carboxylic acids is 1. The Balaban J connectivity index is 1.96. The van der Waals surface area contributed by atoms with Gasteiger partial charge in [0.15, 0.2) is 0 Å². The number of nitrogens with two attached hydrogens (primary N) is 1. The fourth-order valence-electron chi connectivity index (χ4n) is 1.21. The van der Waals surface area contributed by atoms with Crippen molar-refractivity contribution in [2.75, 3.05) is 5.73 Å². The molecule has 0 saturated heterocycles. The van der Waals surface area contributed by atoms with Crippen molar-refractivity contribution in [3.05, 3.63) is 27.7 Å². The number of hydrogen-bond donors (Lipinski definition) is 3. The lowest BCUT2D eigenvalue weighted by molar-refractivity contribution is 0.0941. The number of rotatable bonds is 3. The van der Waals surface area contributed by atoms with Crippen LogP contribution in [0.2, 0.25) is 0 Å². The van der Waals surface area contributed by atoms with Crippen LogP contribution >= 0.6 is 11.3 Å². The molecule has 7 heteroatoms. The first-order chi connectivity index (χ1) is 7.66. The van der Waals surface area contributed by atoms with Gasteiger partial charge >= 0.3 is 0 Å². The minimum absolute atomic E-state index is 0.0671. The Morgan fingerprint density at radius 2 is 2.50 bits per heavy atom. The van der Waals surface area contributed by atoms with Gasteiger partial charge in [0.1, 0.15) is 0 Å². The molecule has 2 rings (SSSR count). The van der Waals surface area contributed by atoms with Gasteiger partial charge in [0.2, 0.25) is 11.8 Å². The molecule has 0 aliphatic carbocycles. The van der Waals surface area contributed by atoms with E-state index < -0.39 is 0 Å². The monoisotopic (exact) mass is 237 g/mol. The van der Waals surface area contributed by atoms with Gasteiger partial charge in [0.25, 0.3) is 5.91 Å². The second-order valence-corrected chi connectivity index (χ2v) is 4.25. The number of nitrogen functional groups attached to an aromatic ring is 1. The van der Waals surface area contributed by atoms with Crippen LogP contribution in [0, 0.1) is 6.92 Å². The van der Waals surface area contributed by atoms with Crippen LogP contribution in [-0.2, 0) is 6.54 Å². The van der Waals surface area contributed by atoms with E-state index in [-0.39, 0.29) is 17.7 Å². The number of aromatic amines is 1. The van der Waals surface area contributed by atoms with Crippen molar-refractivity contribution in [3.8, 4) is 0 Å². The number of hydrogen-bond acceptors (Lipinski definition) is 5. The molecule has 0 saturated carbocycles. The first kappa shape index (κ1) is 10.6. The number of H-pyrrole nitrogens is 1. The highest BCUT2D eigenvalue weighted by molar-refractivity contribution is 7.10. The second kappa shape index (κ2) is 4.31. The predicted molar refractivity (Wildman–Crippen MR) is 61.0 cm³/mol. The van der Waals surface area contributed by atoms with E-state index in [9.17, 15) is 4.79 Å². The summed E-state index contributed by atoms with van der Waals surface area (Å²) in [5.41, 5.74) is 6.47. The van der Waals surface area contributed by atoms with Crippen molar-refractivity contribution in [2.24, 2.45) is 0 Å². The standard InChI is InChI=1S/C9H11N5OS/c1-5-2-3-16-6(5)4-11-8(15)7-12-9(10)14-13-7/h2-3H,4H2,1H3,(H,11,15)(H3,10,12,13,14). The fourth-order valence-corrected chi connectivity index (χ4v) is 2.05. The zero-order valence-corrected chi connectivity index (χ0v) is 9.47. The highest BCUT2D eigenvalue weighted by atomic mass is 32.1. The topological polar surface area (TPSA) is 96.7 Å². The summed E-state index contributed by atoms with van der Waals surface area (Å²) in [4.78, 5) is 16.4. The Kier molecular flexibility index (Phi) is 2.86. The Hall–Kier alpha value is -1.89. The summed E-state index contributed by atoms with van der Waals surface area (Å²) >= 11 is 1.61. The number of nitrogens with one attached hydrogen (secondary N) is 2. The zero-order valence-electron chi connectivity index (χ0n) is 8.65. The average Bonchev–Trinajstić information content (AvgIpc) is 2.84. The summed E-state index contributed by atoms with van der Waals surface area (Å²) in [5, 5.41) is 10.8. The molecule has 0 aliphatic heterocycles. The summed E-state index contributed by atoms with van der Waals surface area (Å²) in [5.74, 6) is -0.110. The van der Waals surface area contributed by atoms with E-state index in [0.717, 1.165) is 4.88 Å². The van der Waals surface area contributed by atoms with Gasteiger partial charge in [-0.25, -0.2) is 0 Å². The quantitative estimate of drug-likeness (QED) is 0.731. The Morgan fingerprint density at radius 3 is 3.06 bits per heavy atom. The summed E-state index contributed by atoms with van der Waals surface area (Å²) in [6, 6.07) is 2.01. The van der Waals surface area contributed by atoms with Gasteiger partial charge in [-0.15, -0.1) is 16.4 Å². The molecule has 0 bridgehead atoms. The van der Waals surface area contributed by atoms with Crippen molar-refractivity contribution < 1.29 is 4.79 Å². The van der Waals surface area contributed by atoms with Gasteiger partial charge in [0, 0.05) is 4.88 Å². The van der Waals surface area contributed by atoms with E-state index in [1.807, 2.05) is 18.4 Å². The lowest BCUT2D eigenvalue weighted by atomic mass is 10.3. The van der Waals surface area contributed by atoms with Crippen LogP contribution in [0.5, 0.6) is 0 Å². The van der Waals surface area contributed by atoms with Gasteiger partial charge in [-0.2, -0.15) is 4.98 Å². The third kappa shape index (κ3) is 2.19. The molecule has 2 aromatic rings. The van der Waals surface area contributed by atoms with Crippen molar-refractivity contribution in [2.45, 2.75) is 13.5 Å². The first-order valence-corrected chi connectivity index (χ1v) is 5.54. The van der Waals surface area contributed by atoms with Crippen LogP contribution in [0.1, 0.15) is 21.1 Å². The molecule has 2 heterocycles. The molecule has 1 amide bonds. The average molecular weight is 237 g/mol. The minimum Gasteiger partial charge on any atom is -0.366 e. The van der Waals surface area contributed by atoms with Crippen LogP contribution in [-0.4, -0.2) is 21.1 Å². The third-order valence-corrected chi connectivity index (χ3v) is 3.12. The predicted octanol–water partition coefficient (Wildman–Crippen LogP) is 0.687. The molecule has 0 spiro atoms. The van der Waals surface area contributed by atoms with E-state index in [0.29, 0.717) is 6.54 Å². The SMILES string of the molecule is Cc1ccsc1CNC(=O)c1nc(N)n[nH]1. The number of anilines is 1. The maximum absolute atomic E-state index is 11.6. The van der Waals surface area contributed by atoms with Gasteiger partial charge < -0.3 is 11.1 Å². The van der Waals surface area contributed by atoms with E-state index >= 15 is 0 Å². The molecule has 0 radical (unpaired) electrons. The molecule has 0 atom stereocenters. The number of nitrogens with zero attached hydrogens (tertiary/aromatic N) is 2. The molecule has 0 aliphatic rings. The van der Waals surface area contributed by atoms with Gasteiger partial charge in [0.05, 0.1) is 6.54 Å². The van der Waals surface area contributed by atoms with E-state index in [1.54, 1.807) is 11.3 Å². The molecule has 0 aromatic carbocycles. The molecule has 6 nitrogen and oxygen atoms in total. The first-order valence-electron chi connectivity index (χ1n) is 4.66. The third-order valence-electron chi connectivity index (χ3n) is 2.10.